The number of rotatable bonds is 3. The van der Waals surface area contributed by atoms with Crippen molar-refractivity contribution in [3.8, 4) is 17.7 Å². The smallest absolute Gasteiger partial charge is 0.229 e. The maximum Gasteiger partial charge on any atom is 0.229 e. The molecule has 0 unspecified atom stereocenters. The molecule has 0 saturated carbocycles. The van der Waals surface area contributed by atoms with E-state index < -0.39 is 0 Å². The molecule has 1 N–H and O–H groups in total. The summed E-state index contributed by atoms with van der Waals surface area (Å²) in [5, 5.41) is 3.12. The number of aromatic nitrogens is 1. The minimum Gasteiger partial charge on any atom is -0.480 e. The van der Waals surface area contributed by atoms with Crippen LogP contribution in [0.4, 0.5) is 0 Å². The summed E-state index contributed by atoms with van der Waals surface area (Å²) in [6.07, 6.45) is 1.69. The van der Waals surface area contributed by atoms with Gasteiger partial charge in [-0.25, -0.2) is 4.98 Å². The molecule has 1 aromatic heterocycles. The lowest BCUT2D eigenvalue weighted by molar-refractivity contribution is 0.396. The Hall–Kier alpha value is -1.53. The van der Waals surface area contributed by atoms with E-state index in [4.69, 9.17) is 4.74 Å². The van der Waals surface area contributed by atoms with Gasteiger partial charge in [0.05, 0.1) is 19.2 Å². The zero-order valence-electron chi connectivity index (χ0n) is 8.50. The Labute approximate surface area is 84.5 Å². The summed E-state index contributed by atoms with van der Waals surface area (Å²) in [7, 11) is 1.60. The fourth-order valence-electron chi connectivity index (χ4n) is 0.976. The van der Waals surface area contributed by atoms with Crippen molar-refractivity contribution in [3.05, 3.63) is 23.9 Å². The maximum atomic E-state index is 5.07. The van der Waals surface area contributed by atoms with Crippen LogP contribution in [0, 0.1) is 11.8 Å². The molecular formula is C11H14N2O. The van der Waals surface area contributed by atoms with Crippen LogP contribution in [0.2, 0.25) is 0 Å². The number of ether oxygens (including phenoxy) is 1. The fraction of sp³-hybridized carbons (Fsp3) is 0.364. The molecule has 14 heavy (non-hydrogen) atoms. The zero-order valence-corrected chi connectivity index (χ0v) is 8.50. The van der Waals surface area contributed by atoms with E-state index in [0.29, 0.717) is 12.4 Å². The van der Waals surface area contributed by atoms with E-state index in [1.54, 1.807) is 13.3 Å². The molecule has 0 amide bonds. The highest BCUT2D eigenvalue weighted by Crippen LogP contribution is 2.10. The van der Waals surface area contributed by atoms with Gasteiger partial charge in [0.15, 0.2) is 0 Å². The van der Waals surface area contributed by atoms with E-state index in [-0.39, 0.29) is 0 Å². The highest BCUT2D eigenvalue weighted by molar-refractivity contribution is 5.41. The van der Waals surface area contributed by atoms with Crippen LogP contribution in [-0.2, 0) is 0 Å². The van der Waals surface area contributed by atoms with Crippen LogP contribution in [-0.4, -0.2) is 25.2 Å². The second kappa shape index (κ2) is 6.01. The lowest BCUT2D eigenvalue weighted by Gasteiger charge is -1.99. The van der Waals surface area contributed by atoms with Gasteiger partial charge in [0.2, 0.25) is 5.88 Å². The first-order valence-corrected chi connectivity index (χ1v) is 4.57. The van der Waals surface area contributed by atoms with Gasteiger partial charge >= 0.3 is 0 Å². The number of methoxy groups -OCH3 is 1. The SMILES string of the molecule is CCNCC#Cc1cccnc1OC. The minimum absolute atomic E-state index is 0.580. The topological polar surface area (TPSA) is 34.2 Å². The van der Waals surface area contributed by atoms with Gasteiger partial charge in [-0.15, -0.1) is 0 Å². The van der Waals surface area contributed by atoms with Crippen molar-refractivity contribution in [1.29, 1.82) is 0 Å². The third kappa shape index (κ3) is 3.08. The third-order valence-corrected chi connectivity index (χ3v) is 1.65. The molecule has 3 nitrogen and oxygen atoms in total. The molecule has 0 aliphatic carbocycles. The lowest BCUT2D eigenvalue weighted by Crippen LogP contribution is -2.11. The van der Waals surface area contributed by atoms with Crippen LogP contribution < -0.4 is 10.1 Å². The quantitative estimate of drug-likeness (QED) is 0.571. The Kier molecular flexibility index (Phi) is 4.53. The molecule has 0 bridgehead atoms. The number of nitrogens with zero attached hydrogens (tertiary/aromatic N) is 1. The van der Waals surface area contributed by atoms with Gasteiger partial charge in [0, 0.05) is 6.20 Å². The summed E-state index contributed by atoms with van der Waals surface area (Å²) in [4.78, 5) is 4.05. The van der Waals surface area contributed by atoms with Gasteiger partial charge in [-0.1, -0.05) is 18.8 Å². The van der Waals surface area contributed by atoms with E-state index in [0.717, 1.165) is 12.1 Å². The Morgan fingerprint density at radius 1 is 1.57 bits per heavy atom. The van der Waals surface area contributed by atoms with Gasteiger partial charge < -0.3 is 10.1 Å². The number of nitrogens with one attached hydrogen (secondary N) is 1. The molecule has 0 atom stereocenters. The van der Waals surface area contributed by atoms with E-state index in [9.17, 15) is 0 Å². The van der Waals surface area contributed by atoms with E-state index in [1.165, 1.54) is 0 Å². The predicted octanol–water partition coefficient (Wildman–Crippen LogP) is 1.05. The van der Waals surface area contributed by atoms with Gasteiger partial charge in [0.1, 0.15) is 0 Å². The van der Waals surface area contributed by atoms with Gasteiger partial charge in [-0.3, -0.25) is 0 Å². The average Bonchev–Trinajstić information content (AvgIpc) is 2.25. The van der Waals surface area contributed by atoms with Crippen LogP contribution in [0.25, 0.3) is 0 Å². The molecule has 0 aliphatic heterocycles. The third-order valence-electron chi connectivity index (χ3n) is 1.65. The molecule has 0 fully saturated rings. The zero-order chi connectivity index (χ0) is 10.2. The maximum absolute atomic E-state index is 5.07. The second-order valence-corrected chi connectivity index (χ2v) is 2.64. The molecule has 0 aliphatic rings. The fourth-order valence-corrected chi connectivity index (χ4v) is 0.976. The molecule has 0 saturated heterocycles. The van der Waals surface area contributed by atoms with E-state index in [1.807, 2.05) is 19.1 Å². The average molecular weight is 190 g/mol. The van der Waals surface area contributed by atoms with Crippen molar-refractivity contribution in [3.63, 3.8) is 0 Å². The van der Waals surface area contributed by atoms with Crippen molar-refractivity contribution in [2.45, 2.75) is 6.92 Å². The van der Waals surface area contributed by atoms with Crippen LogP contribution in [0.5, 0.6) is 5.88 Å². The predicted molar refractivity (Wildman–Crippen MR) is 56.2 cm³/mol. The summed E-state index contributed by atoms with van der Waals surface area (Å²) < 4.78 is 5.07. The molecule has 74 valence electrons. The monoisotopic (exact) mass is 190 g/mol. The normalized spacial score (nSPS) is 9.00. The van der Waals surface area contributed by atoms with E-state index in [2.05, 4.69) is 22.1 Å². The molecule has 0 aromatic carbocycles. The highest BCUT2D eigenvalue weighted by atomic mass is 16.5. The molecule has 0 spiro atoms. The van der Waals surface area contributed by atoms with Crippen LogP contribution in [0.15, 0.2) is 18.3 Å². The van der Waals surface area contributed by atoms with Gasteiger partial charge in [-0.05, 0) is 18.7 Å². The second-order valence-electron chi connectivity index (χ2n) is 2.64. The van der Waals surface area contributed by atoms with Crippen LogP contribution in [0.1, 0.15) is 12.5 Å². The van der Waals surface area contributed by atoms with Crippen molar-refractivity contribution in [2.75, 3.05) is 20.2 Å². The molecular weight excluding hydrogens is 176 g/mol. The van der Waals surface area contributed by atoms with Gasteiger partial charge in [-0.2, -0.15) is 0 Å². The standard InChI is InChI=1S/C11H14N2O/c1-3-12-8-4-6-10-7-5-9-13-11(10)14-2/h5,7,9,12H,3,8H2,1-2H3. The Morgan fingerprint density at radius 3 is 3.14 bits per heavy atom. The first-order chi connectivity index (χ1) is 6.88. The lowest BCUT2D eigenvalue weighted by atomic mass is 10.3. The van der Waals surface area contributed by atoms with Crippen molar-refractivity contribution < 1.29 is 4.74 Å². The first kappa shape index (κ1) is 10.6. The van der Waals surface area contributed by atoms with Crippen LogP contribution in [0.3, 0.4) is 0 Å². The number of hydrogen-bond donors (Lipinski definition) is 1. The number of hydrogen-bond acceptors (Lipinski definition) is 3. The summed E-state index contributed by atoms with van der Waals surface area (Å²) in [5.41, 5.74) is 0.827. The Balaban J connectivity index is 2.68. The summed E-state index contributed by atoms with van der Waals surface area (Å²) >= 11 is 0. The van der Waals surface area contributed by atoms with Crippen molar-refractivity contribution >= 4 is 0 Å². The Morgan fingerprint density at radius 2 is 2.43 bits per heavy atom. The highest BCUT2D eigenvalue weighted by Gasteiger charge is 1.97. The van der Waals surface area contributed by atoms with Gasteiger partial charge in [0.25, 0.3) is 0 Å². The van der Waals surface area contributed by atoms with E-state index >= 15 is 0 Å². The summed E-state index contributed by atoms with van der Waals surface area (Å²) in [5.74, 6) is 6.58. The molecule has 3 heteroatoms. The molecule has 1 heterocycles. The molecule has 1 aromatic rings. The largest absolute Gasteiger partial charge is 0.480 e. The molecule has 0 radical (unpaired) electrons. The Bertz CT molecular complexity index is 339. The summed E-state index contributed by atoms with van der Waals surface area (Å²) in [6, 6.07) is 3.74. The van der Waals surface area contributed by atoms with Crippen LogP contribution >= 0.6 is 0 Å². The molecule has 1 rings (SSSR count). The number of pyridine rings is 1. The summed E-state index contributed by atoms with van der Waals surface area (Å²) in [6.45, 7) is 3.67. The minimum atomic E-state index is 0.580. The van der Waals surface area contributed by atoms with Crippen molar-refractivity contribution in [2.24, 2.45) is 0 Å². The van der Waals surface area contributed by atoms with Crippen molar-refractivity contribution in [1.82, 2.24) is 10.3 Å². The first-order valence-electron chi connectivity index (χ1n) is 4.57.